The fourth-order valence-corrected chi connectivity index (χ4v) is 2.72. The molecule has 0 aliphatic carbocycles. The van der Waals surface area contributed by atoms with Crippen molar-refractivity contribution >= 4 is 18.0 Å². The Kier molecular flexibility index (Phi) is 5.75. The van der Waals surface area contributed by atoms with E-state index in [1.807, 2.05) is 43.3 Å². The van der Waals surface area contributed by atoms with Crippen molar-refractivity contribution in [3.63, 3.8) is 0 Å². The van der Waals surface area contributed by atoms with Crippen molar-refractivity contribution in [2.45, 2.75) is 26.7 Å². The molecule has 0 aromatic heterocycles. The SMILES string of the molecule is CCOC(=O)[C@H]1CCCN(C(=O)/C(C)=C/c2ccccc2)C1. The van der Waals surface area contributed by atoms with E-state index in [0.717, 1.165) is 18.4 Å². The summed E-state index contributed by atoms with van der Waals surface area (Å²) in [5.74, 6) is -0.385. The highest BCUT2D eigenvalue weighted by molar-refractivity contribution is 5.97. The van der Waals surface area contributed by atoms with Crippen molar-refractivity contribution < 1.29 is 14.3 Å². The van der Waals surface area contributed by atoms with Gasteiger partial charge < -0.3 is 9.64 Å². The lowest BCUT2D eigenvalue weighted by atomic mass is 9.97. The van der Waals surface area contributed by atoms with Crippen molar-refractivity contribution in [3.8, 4) is 0 Å². The monoisotopic (exact) mass is 301 g/mol. The minimum atomic E-state index is -0.192. The second kappa shape index (κ2) is 7.78. The number of amides is 1. The summed E-state index contributed by atoms with van der Waals surface area (Å²) in [6.45, 7) is 5.17. The van der Waals surface area contributed by atoms with Gasteiger partial charge in [0.15, 0.2) is 0 Å². The molecule has 1 aromatic rings. The van der Waals surface area contributed by atoms with E-state index in [-0.39, 0.29) is 17.8 Å². The summed E-state index contributed by atoms with van der Waals surface area (Å²) < 4.78 is 5.07. The second-order valence-corrected chi connectivity index (χ2v) is 5.58. The van der Waals surface area contributed by atoms with Gasteiger partial charge in [-0.05, 0) is 38.3 Å². The van der Waals surface area contributed by atoms with Gasteiger partial charge in [-0.25, -0.2) is 0 Å². The van der Waals surface area contributed by atoms with Gasteiger partial charge in [0.05, 0.1) is 12.5 Å². The van der Waals surface area contributed by atoms with Gasteiger partial charge >= 0.3 is 5.97 Å². The van der Waals surface area contributed by atoms with E-state index < -0.39 is 0 Å². The van der Waals surface area contributed by atoms with Gasteiger partial charge in [0.1, 0.15) is 0 Å². The molecule has 118 valence electrons. The van der Waals surface area contributed by atoms with Gasteiger partial charge in [-0.1, -0.05) is 30.3 Å². The number of esters is 1. The van der Waals surface area contributed by atoms with Gasteiger partial charge in [-0.15, -0.1) is 0 Å². The van der Waals surface area contributed by atoms with E-state index in [1.165, 1.54) is 0 Å². The van der Waals surface area contributed by atoms with Crippen LogP contribution < -0.4 is 0 Å². The van der Waals surface area contributed by atoms with Crippen LogP contribution in [-0.4, -0.2) is 36.5 Å². The predicted octanol–water partition coefficient (Wildman–Crippen LogP) is 2.89. The Hall–Kier alpha value is -2.10. The van der Waals surface area contributed by atoms with Crippen LogP contribution in [0.5, 0.6) is 0 Å². The lowest BCUT2D eigenvalue weighted by Crippen LogP contribution is -2.43. The summed E-state index contributed by atoms with van der Waals surface area (Å²) >= 11 is 0. The van der Waals surface area contributed by atoms with E-state index in [1.54, 1.807) is 11.8 Å². The van der Waals surface area contributed by atoms with Crippen LogP contribution in [0.1, 0.15) is 32.3 Å². The molecule has 2 rings (SSSR count). The van der Waals surface area contributed by atoms with Gasteiger partial charge in [-0.2, -0.15) is 0 Å². The summed E-state index contributed by atoms with van der Waals surface area (Å²) in [5, 5.41) is 0. The largest absolute Gasteiger partial charge is 0.466 e. The van der Waals surface area contributed by atoms with Crippen molar-refractivity contribution in [3.05, 3.63) is 41.5 Å². The van der Waals surface area contributed by atoms with Gasteiger partial charge in [0.25, 0.3) is 0 Å². The average Bonchev–Trinajstić information content (AvgIpc) is 2.55. The maximum absolute atomic E-state index is 12.5. The number of likely N-dealkylation sites (tertiary alicyclic amines) is 1. The smallest absolute Gasteiger partial charge is 0.310 e. The van der Waals surface area contributed by atoms with Crippen LogP contribution in [0.15, 0.2) is 35.9 Å². The number of hydrogen-bond donors (Lipinski definition) is 0. The Morgan fingerprint density at radius 1 is 1.32 bits per heavy atom. The molecule has 1 aliphatic rings. The minimum absolute atomic E-state index is 0.00199. The lowest BCUT2D eigenvalue weighted by molar-refractivity contribution is -0.150. The first kappa shape index (κ1) is 16.3. The highest BCUT2D eigenvalue weighted by Gasteiger charge is 2.29. The molecule has 22 heavy (non-hydrogen) atoms. The zero-order valence-corrected chi connectivity index (χ0v) is 13.2. The van der Waals surface area contributed by atoms with Crippen LogP contribution in [-0.2, 0) is 14.3 Å². The molecule has 1 aliphatic heterocycles. The molecule has 1 amide bonds. The van der Waals surface area contributed by atoms with Crippen LogP contribution in [0.4, 0.5) is 0 Å². The lowest BCUT2D eigenvalue weighted by Gasteiger charge is -2.31. The standard InChI is InChI=1S/C18H23NO3/c1-3-22-18(21)16-10-7-11-19(13-16)17(20)14(2)12-15-8-5-4-6-9-15/h4-6,8-9,12,16H,3,7,10-11,13H2,1-2H3/b14-12+/t16-/m0/s1. The van der Waals surface area contributed by atoms with Crippen LogP contribution in [0, 0.1) is 5.92 Å². The first-order valence-corrected chi connectivity index (χ1v) is 7.81. The van der Waals surface area contributed by atoms with Gasteiger partial charge in [0.2, 0.25) is 5.91 Å². The maximum atomic E-state index is 12.5. The number of rotatable bonds is 4. The van der Waals surface area contributed by atoms with E-state index in [0.29, 0.717) is 25.3 Å². The van der Waals surface area contributed by atoms with Crippen molar-refractivity contribution in [2.24, 2.45) is 5.92 Å². The normalized spacial score (nSPS) is 18.9. The number of nitrogens with zero attached hydrogens (tertiary/aromatic N) is 1. The first-order chi connectivity index (χ1) is 10.6. The summed E-state index contributed by atoms with van der Waals surface area (Å²) in [4.78, 5) is 26.2. The predicted molar refractivity (Wildman–Crippen MR) is 86.0 cm³/mol. The third-order valence-electron chi connectivity index (χ3n) is 3.85. The Morgan fingerprint density at radius 3 is 2.73 bits per heavy atom. The number of benzene rings is 1. The minimum Gasteiger partial charge on any atom is -0.466 e. The van der Waals surface area contributed by atoms with E-state index in [4.69, 9.17) is 4.74 Å². The van der Waals surface area contributed by atoms with E-state index >= 15 is 0 Å². The summed E-state index contributed by atoms with van der Waals surface area (Å²) in [6.07, 6.45) is 3.52. The molecule has 0 spiro atoms. The molecular weight excluding hydrogens is 278 g/mol. The quantitative estimate of drug-likeness (QED) is 0.634. The highest BCUT2D eigenvalue weighted by Crippen LogP contribution is 2.20. The topological polar surface area (TPSA) is 46.6 Å². The van der Waals surface area contributed by atoms with Crippen LogP contribution in [0.3, 0.4) is 0 Å². The molecule has 0 unspecified atom stereocenters. The molecule has 1 saturated heterocycles. The Bertz CT molecular complexity index is 551. The van der Waals surface area contributed by atoms with Crippen LogP contribution in [0.2, 0.25) is 0 Å². The molecule has 1 atom stereocenters. The zero-order valence-electron chi connectivity index (χ0n) is 13.2. The van der Waals surface area contributed by atoms with Crippen LogP contribution >= 0.6 is 0 Å². The van der Waals surface area contributed by atoms with Crippen molar-refractivity contribution in [1.82, 2.24) is 4.90 Å². The molecule has 0 saturated carbocycles. The Morgan fingerprint density at radius 2 is 2.05 bits per heavy atom. The maximum Gasteiger partial charge on any atom is 0.310 e. The van der Waals surface area contributed by atoms with Crippen LogP contribution in [0.25, 0.3) is 6.08 Å². The molecule has 0 radical (unpaired) electrons. The first-order valence-electron chi connectivity index (χ1n) is 7.81. The van der Waals surface area contributed by atoms with Crippen molar-refractivity contribution in [1.29, 1.82) is 0 Å². The fourth-order valence-electron chi connectivity index (χ4n) is 2.72. The van der Waals surface area contributed by atoms with E-state index in [9.17, 15) is 9.59 Å². The zero-order chi connectivity index (χ0) is 15.9. The third-order valence-corrected chi connectivity index (χ3v) is 3.85. The molecule has 4 nitrogen and oxygen atoms in total. The number of piperidine rings is 1. The highest BCUT2D eigenvalue weighted by atomic mass is 16.5. The van der Waals surface area contributed by atoms with Crippen molar-refractivity contribution in [2.75, 3.05) is 19.7 Å². The third kappa shape index (κ3) is 4.20. The van der Waals surface area contributed by atoms with Gasteiger partial charge in [-0.3, -0.25) is 9.59 Å². The number of ether oxygens (including phenoxy) is 1. The molecule has 1 fully saturated rings. The summed E-state index contributed by atoms with van der Waals surface area (Å²) in [5.41, 5.74) is 1.70. The number of carbonyl (C=O) groups excluding carboxylic acids is 2. The fraction of sp³-hybridized carbons (Fsp3) is 0.444. The summed E-state index contributed by atoms with van der Waals surface area (Å²) in [7, 11) is 0. The molecule has 1 aromatic carbocycles. The summed E-state index contributed by atoms with van der Waals surface area (Å²) in [6, 6.07) is 9.77. The van der Waals surface area contributed by atoms with E-state index in [2.05, 4.69) is 0 Å². The Balaban J connectivity index is 2.02. The van der Waals surface area contributed by atoms with Gasteiger partial charge in [0, 0.05) is 18.7 Å². The second-order valence-electron chi connectivity index (χ2n) is 5.58. The molecule has 1 heterocycles. The molecular formula is C18H23NO3. The number of carbonyl (C=O) groups is 2. The molecule has 4 heteroatoms. The number of hydrogen-bond acceptors (Lipinski definition) is 3. The Labute approximate surface area is 131 Å². The average molecular weight is 301 g/mol. The molecule has 0 N–H and O–H groups in total. The molecule has 0 bridgehead atoms.